The summed E-state index contributed by atoms with van der Waals surface area (Å²) in [5.41, 5.74) is 0. The summed E-state index contributed by atoms with van der Waals surface area (Å²) < 4.78 is 50.7. The lowest BCUT2D eigenvalue weighted by Gasteiger charge is -2.32. The van der Waals surface area contributed by atoms with Crippen molar-refractivity contribution in [3.05, 3.63) is 0 Å². The third kappa shape index (κ3) is 3.37. The highest BCUT2D eigenvalue weighted by atomic mass is 28.5. The van der Waals surface area contributed by atoms with E-state index in [-0.39, 0.29) is 0 Å². The molecule has 12 heavy (non-hydrogen) atoms. The summed E-state index contributed by atoms with van der Waals surface area (Å²) >= 11 is 0. The molecule has 0 unspecified atom stereocenters. The van der Waals surface area contributed by atoms with E-state index in [4.69, 9.17) is 12.3 Å². The smallest absolute Gasteiger partial charge is 0.391 e. The van der Waals surface area contributed by atoms with E-state index >= 15 is 0 Å². The third-order valence-corrected chi connectivity index (χ3v) is 9.62. The summed E-state index contributed by atoms with van der Waals surface area (Å²) in [6, 6.07) is -0.913. The molecule has 1 saturated heterocycles. The van der Waals surface area contributed by atoms with Gasteiger partial charge in [0.2, 0.25) is 0 Å². The van der Waals surface area contributed by atoms with Crippen molar-refractivity contribution in [2.24, 2.45) is 0 Å². The molecule has 0 saturated carbocycles. The Balaban J connectivity index is 2.47. The van der Waals surface area contributed by atoms with E-state index in [0.29, 0.717) is 0 Å². The fourth-order valence-electron chi connectivity index (χ4n) is 0.874. The molecule has 72 valence electrons. The quantitative estimate of drug-likeness (QED) is 0.582. The van der Waals surface area contributed by atoms with Gasteiger partial charge in [0.05, 0.1) is 6.04 Å². The predicted octanol–water partition coefficient (Wildman–Crippen LogP) is -0.318. The van der Waals surface area contributed by atoms with Gasteiger partial charge in [-0.1, -0.05) is 0 Å². The lowest BCUT2D eigenvalue weighted by atomic mass is 10.8. The van der Waals surface area contributed by atoms with Crippen molar-refractivity contribution >= 4 is 28.6 Å². The van der Waals surface area contributed by atoms with Crippen molar-refractivity contribution in [1.29, 1.82) is 0 Å². The van der Waals surface area contributed by atoms with Gasteiger partial charge < -0.3 is 12.3 Å². The Bertz CT molecular complexity index is 157. The maximum Gasteiger partial charge on any atom is 0.391 e. The van der Waals surface area contributed by atoms with Crippen molar-refractivity contribution in [2.45, 2.75) is 18.8 Å². The van der Waals surface area contributed by atoms with E-state index < -0.39 is 40.8 Å². The summed E-state index contributed by atoms with van der Waals surface area (Å²) in [6.07, 6.45) is -4.18. The minimum Gasteiger partial charge on any atom is -0.425 e. The minimum absolute atomic E-state index is 0.913. The summed E-state index contributed by atoms with van der Waals surface area (Å²) in [5, 5.41) is 0. The van der Waals surface area contributed by atoms with Gasteiger partial charge in [-0.25, -0.2) is 0 Å². The fraction of sp³-hybridized carbons (Fsp3) is 1.00. The molecule has 0 bridgehead atoms. The van der Waals surface area contributed by atoms with Crippen molar-refractivity contribution in [3.8, 4) is 0 Å². The minimum atomic E-state index is -4.18. The molecule has 0 atom stereocenters. The molecule has 0 aromatic rings. The first-order chi connectivity index (χ1) is 5.41. The van der Waals surface area contributed by atoms with Crippen LogP contribution in [-0.2, 0) is 12.3 Å². The van der Waals surface area contributed by atoms with Gasteiger partial charge in [-0.3, -0.25) is 0 Å². The van der Waals surface area contributed by atoms with Crippen LogP contribution in [0.1, 0.15) is 0 Å². The number of hydrogen-bond donors (Lipinski definition) is 0. The Morgan fingerprint density at radius 2 is 1.75 bits per heavy atom. The lowest BCUT2D eigenvalue weighted by Crippen LogP contribution is -2.49. The van der Waals surface area contributed by atoms with E-state index in [0.717, 1.165) is 0 Å². The standard InChI is InChI=1S/C3H9F3O3Si3/c1-12(2-3(4,5)6)8-10-7-11-9-12/h2,10-11H2,1H3. The SMILES string of the molecule is C[Si]1(CC(F)(F)F)O[SiH2]O[SiH2]O1. The highest BCUT2D eigenvalue weighted by Gasteiger charge is 2.45. The van der Waals surface area contributed by atoms with Crippen molar-refractivity contribution in [3.63, 3.8) is 0 Å². The van der Waals surface area contributed by atoms with E-state index in [1.165, 1.54) is 6.55 Å². The fourth-order valence-corrected chi connectivity index (χ4v) is 7.94. The lowest BCUT2D eigenvalue weighted by molar-refractivity contribution is -0.114. The van der Waals surface area contributed by atoms with Crippen molar-refractivity contribution in [1.82, 2.24) is 0 Å². The van der Waals surface area contributed by atoms with Gasteiger partial charge in [-0.05, 0) is 6.55 Å². The van der Waals surface area contributed by atoms with Gasteiger partial charge in [0.25, 0.3) is 20.0 Å². The number of hydrogen-bond acceptors (Lipinski definition) is 3. The molecule has 0 amide bonds. The largest absolute Gasteiger partial charge is 0.425 e. The number of halogens is 3. The number of alkyl halides is 3. The molecule has 1 rings (SSSR count). The van der Waals surface area contributed by atoms with Gasteiger partial charge in [-0.2, -0.15) is 13.2 Å². The maximum atomic E-state index is 12.0. The van der Waals surface area contributed by atoms with Crippen LogP contribution in [-0.4, -0.2) is 34.8 Å². The van der Waals surface area contributed by atoms with Crippen molar-refractivity contribution < 1.29 is 25.5 Å². The summed E-state index contributed by atoms with van der Waals surface area (Å²) in [6.45, 7) is 1.45. The Labute approximate surface area is 73.6 Å². The van der Waals surface area contributed by atoms with E-state index in [2.05, 4.69) is 0 Å². The van der Waals surface area contributed by atoms with Gasteiger partial charge in [0, 0.05) is 0 Å². The van der Waals surface area contributed by atoms with Crippen LogP contribution in [0.4, 0.5) is 13.2 Å². The zero-order valence-electron chi connectivity index (χ0n) is 6.48. The van der Waals surface area contributed by atoms with Gasteiger partial charge >= 0.3 is 14.7 Å². The highest BCUT2D eigenvalue weighted by molar-refractivity contribution is 6.75. The van der Waals surface area contributed by atoms with Crippen LogP contribution in [0.3, 0.4) is 0 Å². The molecule has 1 aliphatic rings. The molecule has 0 aromatic heterocycles. The monoisotopic (exact) mass is 234 g/mol. The molecule has 1 aliphatic heterocycles. The second kappa shape index (κ2) is 3.59. The Kier molecular flexibility index (Phi) is 3.11. The van der Waals surface area contributed by atoms with Crippen molar-refractivity contribution in [2.75, 3.05) is 0 Å². The summed E-state index contributed by atoms with van der Waals surface area (Å²) in [4.78, 5) is 0. The van der Waals surface area contributed by atoms with E-state index in [1.807, 2.05) is 0 Å². The third-order valence-electron chi connectivity index (χ3n) is 1.42. The molecular weight excluding hydrogens is 225 g/mol. The molecule has 9 heteroatoms. The molecule has 0 aromatic carbocycles. The second-order valence-electron chi connectivity index (χ2n) is 2.65. The second-order valence-corrected chi connectivity index (χ2v) is 9.69. The molecule has 3 nitrogen and oxygen atoms in total. The van der Waals surface area contributed by atoms with Crippen LogP contribution in [0.5, 0.6) is 0 Å². The van der Waals surface area contributed by atoms with Gasteiger partial charge in [0.15, 0.2) is 0 Å². The van der Waals surface area contributed by atoms with E-state index in [9.17, 15) is 13.2 Å². The summed E-state index contributed by atoms with van der Waals surface area (Å²) in [7, 11) is -5.23. The maximum absolute atomic E-state index is 12.0. The average Bonchev–Trinajstić information content (AvgIpc) is 1.83. The van der Waals surface area contributed by atoms with E-state index in [1.54, 1.807) is 0 Å². The molecule has 1 fully saturated rings. The first-order valence-electron chi connectivity index (χ1n) is 3.34. The molecule has 0 N–H and O–H groups in total. The van der Waals surface area contributed by atoms with Crippen LogP contribution in [0.15, 0.2) is 0 Å². The Morgan fingerprint density at radius 3 is 2.17 bits per heavy atom. The normalized spacial score (nSPS) is 36.0. The predicted molar refractivity (Wildman–Crippen MR) is 42.8 cm³/mol. The van der Waals surface area contributed by atoms with Crippen LogP contribution < -0.4 is 0 Å². The zero-order chi connectivity index (χ0) is 9.24. The van der Waals surface area contributed by atoms with Gasteiger partial charge in [-0.15, -0.1) is 0 Å². The summed E-state index contributed by atoms with van der Waals surface area (Å²) in [5.74, 6) is 0. The van der Waals surface area contributed by atoms with Crippen LogP contribution in [0.2, 0.25) is 12.6 Å². The topological polar surface area (TPSA) is 27.7 Å². The first kappa shape index (κ1) is 10.4. The van der Waals surface area contributed by atoms with Crippen LogP contribution in [0.25, 0.3) is 0 Å². The Morgan fingerprint density at radius 1 is 1.25 bits per heavy atom. The molecule has 0 aliphatic carbocycles. The molecule has 0 radical (unpaired) electrons. The average molecular weight is 234 g/mol. The molecular formula is C3H9F3O3Si3. The highest BCUT2D eigenvalue weighted by Crippen LogP contribution is 2.29. The molecule has 0 spiro atoms. The number of rotatable bonds is 1. The first-order valence-corrected chi connectivity index (χ1v) is 8.17. The zero-order valence-corrected chi connectivity index (χ0v) is 10.3. The Hall–Kier alpha value is 0.321. The van der Waals surface area contributed by atoms with Crippen LogP contribution >= 0.6 is 0 Å². The molecule has 1 heterocycles. The van der Waals surface area contributed by atoms with Crippen LogP contribution in [0, 0.1) is 0 Å². The van der Waals surface area contributed by atoms with Gasteiger partial charge in [0.1, 0.15) is 0 Å².